The van der Waals surface area contributed by atoms with E-state index in [4.69, 9.17) is 11.6 Å². The number of rotatable bonds is 6. The first kappa shape index (κ1) is 14.5. The first-order valence-corrected chi connectivity index (χ1v) is 7.51. The van der Waals surface area contributed by atoms with Crippen LogP contribution in [0.25, 0.3) is 0 Å². The Hall–Kier alpha value is -0.530. The van der Waals surface area contributed by atoms with E-state index in [-0.39, 0.29) is 25.1 Å². The molecule has 1 amide bonds. The highest BCUT2D eigenvalue weighted by Gasteiger charge is 2.34. The lowest BCUT2D eigenvalue weighted by molar-refractivity contribution is 0.156. The summed E-state index contributed by atoms with van der Waals surface area (Å²) in [6, 6.07) is -0.0549. The molecule has 1 fully saturated rings. The van der Waals surface area contributed by atoms with Gasteiger partial charge in [0.25, 0.3) is 0 Å². The molecule has 100 valence electrons. The van der Waals surface area contributed by atoms with Crippen LogP contribution >= 0.6 is 11.6 Å². The second-order valence-corrected chi connectivity index (χ2v) is 5.71. The van der Waals surface area contributed by atoms with Crippen LogP contribution in [0.3, 0.4) is 0 Å². The summed E-state index contributed by atoms with van der Waals surface area (Å²) in [6.45, 7) is 1.93. The Morgan fingerprint density at radius 3 is 2.59 bits per heavy atom. The van der Waals surface area contributed by atoms with Crippen LogP contribution in [0, 0.1) is 0 Å². The summed E-state index contributed by atoms with van der Waals surface area (Å²) in [5, 5.41) is 0. The predicted molar refractivity (Wildman–Crippen MR) is 64.1 cm³/mol. The van der Waals surface area contributed by atoms with Gasteiger partial charge in [-0.15, -0.1) is 11.6 Å². The molecule has 0 aromatic rings. The number of amides is 1. The van der Waals surface area contributed by atoms with Crippen molar-refractivity contribution in [1.29, 1.82) is 0 Å². The van der Waals surface area contributed by atoms with E-state index in [2.05, 4.69) is 4.74 Å². The van der Waals surface area contributed by atoms with Crippen molar-refractivity contribution in [3.63, 3.8) is 0 Å². The molecule has 1 saturated carbocycles. The molecule has 0 saturated heterocycles. The number of halogens is 1. The monoisotopic (exact) mass is 284 g/mol. The number of carbonyl (C=O) groups is 1. The molecule has 0 spiro atoms. The maximum Gasteiger partial charge on any atom is 0.421 e. The summed E-state index contributed by atoms with van der Waals surface area (Å²) >= 11 is 5.58. The number of hydrogen-bond acceptors (Lipinski definition) is 4. The Balaban J connectivity index is 2.66. The van der Waals surface area contributed by atoms with E-state index in [1.165, 1.54) is 4.31 Å². The molecule has 6 nitrogen and oxygen atoms in total. The van der Waals surface area contributed by atoms with Crippen molar-refractivity contribution in [2.75, 3.05) is 19.0 Å². The number of alkyl halides is 1. The lowest BCUT2D eigenvalue weighted by atomic mass is 9.93. The van der Waals surface area contributed by atoms with Crippen LogP contribution in [-0.2, 0) is 14.9 Å². The number of carbonyl (C=O) groups excluding carboxylic acids is 1. The minimum absolute atomic E-state index is 0.0549. The Labute approximate surface area is 106 Å². The molecule has 1 rings (SSSR count). The summed E-state index contributed by atoms with van der Waals surface area (Å²) in [5.41, 5.74) is 0. The van der Waals surface area contributed by atoms with E-state index in [1.807, 2.05) is 4.72 Å². The lowest BCUT2D eigenvalue weighted by Crippen LogP contribution is -2.51. The van der Waals surface area contributed by atoms with Gasteiger partial charge in [-0.05, 0) is 19.8 Å². The third-order valence-corrected chi connectivity index (χ3v) is 4.28. The van der Waals surface area contributed by atoms with Crippen molar-refractivity contribution in [1.82, 2.24) is 9.03 Å². The topological polar surface area (TPSA) is 75.7 Å². The zero-order chi connectivity index (χ0) is 12.9. The van der Waals surface area contributed by atoms with Crippen molar-refractivity contribution in [2.45, 2.75) is 32.2 Å². The van der Waals surface area contributed by atoms with Crippen molar-refractivity contribution in [3.05, 3.63) is 0 Å². The fourth-order valence-electron chi connectivity index (χ4n) is 1.58. The van der Waals surface area contributed by atoms with Crippen LogP contribution in [0.5, 0.6) is 0 Å². The molecule has 0 aromatic carbocycles. The molecule has 0 unspecified atom stereocenters. The van der Waals surface area contributed by atoms with Crippen molar-refractivity contribution in [3.8, 4) is 0 Å². The molecule has 0 atom stereocenters. The number of nitrogens with zero attached hydrogens (tertiary/aromatic N) is 1. The third kappa shape index (κ3) is 4.01. The van der Waals surface area contributed by atoms with Gasteiger partial charge >= 0.3 is 16.3 Å². The Morgan fingerprint density at radius 1 is 1.53 bits per heavy atom. The Kier molecular flexibility index (Phi) is 5.48. The summed E-state index contributed by atoms with van der Waals surface area (Å²) in [7, 11) is -3.84. The second kappa shape index (κ2) is 6.42. The average Bonchev–Trinajstić information content (AvgIpc) is 2.13. The fraction of sp³-hybridized carbons (Fsp3) is 0.889. The van der Waals surface area contributed by atoms with Gasteiger partial charge in [-0.3, -0.25) is 0 Å². The summed E-state index contributed by atoms with van der Waals surface area (Å²) in [6.07, 6.45) is 1.66. The highest BCUT2D eigenvalue weighted by atomic mass is 35.5. The van der Waals surface area contributed by atoms with Crippen LogP contribution in [0.2, 0.25) is 0 Å². The highest BCUT2D eigenvalue weighted by Crippen LogP contribution is 2.26. The third-order valence-electron chi connectivity index (χ3n) is 2.58. The van der Waals surface area contributed by atoms with Gasteiger partial charge in [-0.1, -0.05) is 6.42 Å². The molecule has 0 heterocycles. The SMILES string of the molecule is CCOC(=O)NS(=O)(=O)N(CCCl)C1CCC1. The summed E-state index contributed by atoms with van der Waals surface area (Å²) < 4.78 is 31.4. The Bertz CT molecular complexity index is 356. The van der Waals surface area contributed by atoms with E-state index in [0.717, 1.165) is 19.3 Å². The molecule has 8 heteroatoms. The van der Waals surface area contributed by atoms with Gasteiger partial charge in [0.2, 0.25) is 0 Å². The van der Waals surface area contributed by atoms with E-state index in [1.54, 1.807) is 6.92 Å². The van der Waals surface area contributed by atoms with Crippen LogP contribution < -0.4 is 4.72 Å². The van der Waals surface area contributed by atoms with Gasteiger partial charge in [0.15, 0.2) is 0 Å². The molecule has 0 radical (unpaired) electrons. The standard InChI is InChI=1S/C9H17ClN2O4S/c1-2-16-9(13)11-17(14,15)12(7-6-10)8-4-3-5-8/h8H,2-7H2,1H3,(H,11,13). The molecule has 17 heavy (non-hydrogen) atoms. The molecular weight excluding hydrogens is 268 g/mol. The van der Waals surface area contributed by atoms with Crippen molar-refractivity contribution in [2.24, 2.45) is 0 Å². The fourth-order valence-corrected chi connectivity index (χ4v) is 3.19. The molecule has 1 aliphatic rings. The zero-order valence-corrected chi connectivity index (χ0v) is 11.3. The van der Waals surface area contributed by atoms with Crippen LogP contribution in [0.1, 0.15) is 26.2 Å². The average molecular weight is 285 g/mol. The quantitative estimate of drug-likeness (QED) is 0.740. The first-order chi connectivity index (χ1) is 8.01. The van der Waals surface area contributed by atoms with E-state index < -0.39 is 16.3 Å². The van der Waals surface area contributed by atoms with E-state index >= 15 is 0 Å². The van der Waals surface area contributed by atoms with Gasteiger partial charge in [0.05, 0.1) is 6.61 Å². The molecular formula is C9H17ClN2O4S. The molecule has 1 aliphatic carbocycles. The molecule has 1 N–H and O–H groups in total. The normalized spacial score (nSPS) is 16.6. The van der Waals surface area contributed by atoms with Gasteiger partial charge < -0.3 is 4.74 Å². The molecule has 0 bridgehead atoms. The van der Waals surface area contributed by atoms with Crippen LogP contribution in [-0.4, -0.2) is 43.9 Å². The lowest BCUT2D eigenvalue weighted by Gasteiger charge is -2.35. The zero-order valence-electron chi connectivity index (χ0n) is 9.69. The molecule has 0 aromatic heterocycles. The van der Waals surface area contributed by atoms with Gasteiger partial charge in [-0.2, -0.15) is 12.7 Å². The minimum atomic E-state index is -3.84. The van der Waals surface area contributed by atoms with E-state index in [0.29, 0.717) is 0 Å². The molecule has 0 aliphatic heterocycles. The smallest absolute Gasteiger partial charge is 0.421 e. The van der Waals surface area contributed by atoms with Gasteiger partial charge in [0.1, 0.15) is 0 Å². The maximum absolute atomic E-state index is 11.9. The second-order valence-electron chi connectivity index (χ2n) is 3.71. The predicted octanol–water partition coefficient (Wildman–Crippen LogP) is 1.07. The summed E-state index contributed by atoms with van der Waals surface area (Å²) in [4.78, 5) is 11.1. The number of nitrogens with one attached hydrogen (secondary N) is 1. The first-order valence-electron chi connectivity index (χ1n) is 5.53. The Morgan fingerprint density at radius 2 is 2.18 bits per heavy atom. The van der Waals surface area contributed by atoms with Crippen LogP contribution in [0.15, 0.2) is 0 Å². The van der Waals surface area contributed by atoms with Gasteiger partial charge in [0, 0.05) is 18.5 Å². The minimum Gasteiger partial charge on any atom is -0.449 e. The largest absolute Gasteiger partial charge is 0.449 e. The van der Waals surface area contributed by atoms with Crippen molar-refractivity contribution < 1.29 is 17.9 Å². The van der Waals surface area contributed by atoms with Gasteiger partial charge in [-0.25, -0.2) is 9.52 Å². The van der Waals surface area contributed by atoms with Crippen molar-refractivity contribution >= 4 is 27.9 Å². The highest BCUT2D eigenvalue weighted by molar-refractivity contribution is 7.87. The number of hydrogen-bond donors (Lipinski definition) is 1. The van der Waals surface area contributed by atoms with E-state index in [9.17, 15) is 13.2 Å². The number of ether oxygens (including phenoxy) is 1. The van der Waals surface area contributed by atoms with Crippen LogP contribution in [0.4, 0.5) is 4.79 Å². The summed E-state index contributed by atoms with van der Waals surface area (Å²) in [5.74, 6) is 0.195. The maximum atomic E-state index is 11.9.